The molecule has 0 amide bonds. The van der Waals surface area contributed by atoms with Crippen LogP contribution in [0.3, 0.4) is 0 Å². The van der Waals surface area contributed by atoms with Crippen LogP contribution in [0.1, 0.15) is 20.3 Å². The average Bonchev–Trinajstić information content (AvgIpc) is 1.84. The lowest BCUT2D eigenvalue weighted by molar-refractivity contribution is -0.0694. The van der Waals surface area contributed by atoms with Crippen molar-refractivity contribution >= 4 is 0 Å². The van der Waals surface area contributed by atoms with Gasteiger partial charge in [-0.2, -0.15) is 0 Å². The van der Waals surface area contributed by atoms with E-state index in [-0.39, 0.29) is 5.92 Å². The molecule has 0 aliphatic heterocycles. The Hall–Kier alpha value is -0.120. The quantitative estimate of drug-likeness (QED) is 0.462. The minimum absolute atomic E-state index is 0.171. The smallest absolute Gasteiger partial charge is 0.167 e. The van der Waals surface area contributed by atoms with E-state index in [4.69, 9.17) is 15.9 Å². The fraction of sp³-hybridized carbons (Fsp3) is 1.00. The second-order valence-corrected chi connectivity index (χ2v) is 2.38. The molecule has 3 heteroatoms. The van der Waals surface area contributed by atoms with Gasteiger partial charge in [0, 0.05) is 0 Å². The largest absolute Gasteiger partial charge is 0.367 e. The summed E-state index contributed by atoms with van der Waals surface area (Å²) < 4.78 is 0. The van der Waals surface area contributed by atoms with Gasteiger partial charge in [0.25, 0.3) is 0 Å². The summed E-state index contributed by atoms with van der Waals surface area (Å²) in [5.41, 5.74) is 5.37. The van der Waals surface area contributed by atoms with Crippen molar-refractivity contribution < 1.29 is 10.2 Å². The minimum atomic E-state index is -1.38. The molecule has 0 saturated carbocycles. The van der Waals surface area contributed by atoms with Crippen LogP contribution < -0.4 is 5.73 Å². The van der Waals surface area contributed by atoms with Crippen molar-refractivity contribution in [3.63, 3.8) is 0 Å². The van der Waals surface area contributed by atoms with Crippen molar-refractivity contribution in [3.05, 3.63) is 0 Å². The van der Waals surface area contributed by atoms with Gasteiger partial charge in [0.05, 0.1) is 6.04 Å². The second-order valence-electron chi connectivity index (χ2n) is 2.38. The molecule has 9 heavy (non-hydrogen) atoms. The molecule has 0 unspecified atom stereocenters. The normalized spacial score (nSPS) is 18.0. The van der Waals surface area contributed by atoms with Crippen LogP contribution in [-0.2, 0) is 0 Å². The third-order valence-electron chi connectivity index (χ3n) is 1.65. The van der Waals surface area contributed by atoms with Gasteiger partial charge in [-0.15, -0.1) is 0 Å². The molecule has 0 radical (unpaired) electrons. The summed E-state index contributed by atoms with van der Waals surface area (Å²) in [5.74, 6) is 0.171. The number of hydrogen-bond acceptors (Lipinski definition) is 3. The van der Waals surface area contributed by atoms with E-state index in [9.17, 15) is 0 Å². The highest BCUT2D eigenvalue weighted by Gasteiger charge is 2.16. The summed E-state index contributed by atoms with van der Waals surface area (Å²) in [5, 5.41) is 17.1. The maximum absolute atomic E-state index is 8.55. The highest BCUT2D eigenvalue weighted by molar-refractivity contribution is 4.68. The third-order valence-corrected chi connectivity index (χ3v) is 1.65. The van der Waals surface area contributed by atoms with Gasteiger partial charge >= 0.3 is 0 Å². The van der Waals surface area contributed by atoms with Crippen molar-refractivity contribution in [3.8, 4) is 0 Å². The first-order chi connectivity index (χ1) is 4.09. The minimum Gasteiger partial charge on any atom is -0.367 e. The maximum Gasteiger partial charge on any atom is 0.167 e. The maximum atomic E-state index is 8.55. The molecule has 0 spiro atoms. The van der Waals surface area contributed by atoms with Crippen LogP contribution in [0.2, 0.25) is 0 Å². The predicted octanol–water partition coefficient (Wildman–Crippen LogP) is -0.329. The molecule has 3 nitrogen and oxygen atoms in total. The Morgan fingerprint density at radius 1 is 1.44 bits per heavy atom. The molecule has 4 N–H and O–H groups in total. The number of aliphatic hydroxyl groups is 2. The summed E-state index contributed by atoms with van der Waals surface area (Å²) in [6.07, 6.45) is -0.501. The summed E-state index contributed by atoms with van der Waals surface area (Å²) in [4.78, 5) is 0. The fourth-order valence-electron chi connectivity index (χ4n) is 0.566. The van der Waals surface area contributed by atoms with Crippen LogP contribution in [0.25, 0.3) is 0 Å². The lowest BCUT2D eigenvalue weighted by Gasteiger charge is -2.19. The Labute approximate surface area is 55.5 Å². The Balaban J connectivity index is 3.58. The fourth-order valence-corrected chi connectivity index (χ4v) is 0.566. The van der Waals surface area contributed by atoms with Gasteiger partial charge in [-0.1, -0.05) is 20.3 Å². The molecule has 0 saturated heterocycles. The summed E-state index contributed by atoms with van der Waals surface area (Å²) in [6.45, 7) is 3.86. The molecule has 0 aromatic rings. The highest BCUT2D eigenvalue weighted by Crippen LogP contribution is 2.06. The monoisotopic (exact) mass is 133 g/mol. The lowest BCUT2D eigenvalue weighted by atomic mass is 10.00. The van der Waals surface area contributed by atoms with Crippen LogP contribution >= 0.6 is 0 Å². The van der Waals surface area contributed by atoms with E-state index in [0.29, 0.717) is 0 Å². The number of aliphatic hydroxyl groups excluding tert-OH is 1. The zero-order valence-corrected chi connectivity index (χ0v) is 5.91. The highest BCUT2D eigenvalue weighted by atomic mass is 16.5. The molecule has 2 atom stereocenters. The van der Waals surface area contributed by atoms with E-state index >= 15 is 0 Å². The Morgan fingerprint density at radius 2 is 1.89 bits per heavy atom. The number of rotatable bonds is 3. The molecule has 0 rings (SSSR count). The predicted molar refractivity (Wildman–Crippen MR) is 35.7 cm³/mol. The molecular formula is C6H15NO2. The summed E-state index contributed by atoms with van der Waals surface area (Å²) in [6, 6.07) is -0.505. The summed E-state index contributed by atoms with van der Waals surface area (Å²) >= 11 is 0. The van der Waals surface area contributed by atoms with E-state index in [1.54, 1.807) is 0 Å². The molecule has 0 bridgehead atoms. The van der Waals surface area contributed by atoms with E-state index in [0.717, 1.165) is 6.42 Å². The first kappa shape index (κ1) is 8.88. The molecule has 0 aliphatic carbocycles. The first-order valence-corrected chi connectivity index (χ1v) is 3.21. The van der Waals surface area contributed by atoms with Gasteiger partial charge in [-0.05, 0) is 5.92 Å². The standard InChI is InChI=1S/C6H15NO2/c1-3-4(2)5(7)6(8)9/h4-6,8-9H,3,7H2,1-2H3/t4-,5-/m0/s1. The molecule has 0 heterocycles. The van der Waals surface area contributed by atoms with Crippen LogP contribution in [0, 0.1) is 5.92 Å². The topological polar surface area (TPSA) is 66.5 Å². The third kappa shape index (κ3) is 2.79. The van der Waals surface area contributed by atoms with Crippen LogP contribution in [0.15, 0.2) is 0 Å². The van der Waals surface area contributed by atoms with Crippen molar-refractivity contribution in [1.29, 1.82) is 0 Å². The van der Waals surface area contributed by atoms with Crippen LogP contribution in [0.5, 0.6) is 0 Å². The van der Waals surface area contributed by atoms with Gasteiger partial charge in [0.15, 0.2) is 6.29 Å². The molecule has 0 aromatic carbocycles. The average molecular weight is 133 g/mol. The van der Waals surface area contributed by atoms with Crippen molar-refractivity contribution in [2.45, 2.75) is 32.6 Å². The van der Waals surface area contributed by atoms with E-state index in [1.807, 2.05) is 13.8 Å². The Kier molecular flexibility index (Phi) is 3.77. The van der Waals surface area contributed by atoms with Gasteiger partial charge in [-0.25, -0.2) is 0 Å². The zero-order valence-electron chi connectivity index (χ0n) is 5.91. The molecule has 56 valence electrons. The van der Waals surface area contributed by atoms with Gasteiger partial charge in [-0.3, -0.25) is 0 Å². The van der Waals surface area contributed by atoms with Crippen molar-refractivity contribution in [2.24, 2.45) is 11.7 Å². The molecule has 0 fully saturated rings. The second kappa shape index (κ2) is 3.82. The van der Waals surface area contributed by atoms with Gasteiger partial charge in [0.2, 0.25) is 0 Å². The van der Waals surface area contributed by atoms with E-state index in [2.05, 4.69) is 0 Å². The molecule has 0 aliphatic rings. The number of nitrogens with two attached hydrogens (primary N) is 1. The Morgan fingerprint density at radius 3 is 2.00 bits per heavy atom. The van der Waals surface area contributed by atoms with Gasteiger partial charge in [0.1, 0.15) is 0 Å². The van der Waals surface area contributed by atoms with Crippen LogP contribution in [-0.4, -0.2) is 22.5 Å². The van der Waals surface area contributed by atoms with Crippen LogP contribution in [0.4, 0.5) is 0 Å². The SMILES string of the molecule is CC[C@H](C)[C@H](N)C(O)O. The molecule has 0 aromatic heterocycles. The lowest BCUT2D eigenvalue weighted by Crippen LogP contribution is -2.39. The van der Waals surface area contributed by atoms with Gasteiger partial charge < -0.3 is 15.9 Å². The van der Waals surface area contributed by atoms with Crippen molar-refractivity contribution in [1.82, 2.24) is 0 Å². The van der Waals surface area contributed by atoms with E-state index in [1.165, 1.54) is 0 Å². The van der Waals surface area contributed by atoms with Crippen molar-refractivity contribution in [2.75, 3.05) is 0 Å². The zero-order chi connectivity index (χ0) is 7.44. The Bertz CT molecular complexity index is 75.5. The molecular weight excluding hydrogens is 118 g/mol. The van der Waals surface area contributed by atoms with E-state index < -0.39 is 12.3 Å². The first-order valence-electron chi connectivity index (χ1n) is 3.21. The summed E-state index contributed by atoms with van der Waals surface area (Å²) in [7, 11) is 0. The number of hydrogen-bond donors (Lipinski definition) is 3.